The lowest BCUT2D eigenvalue weighted by atomic mass is 10.1. The summed E-state index contributed by atoms with van der Waals surface area (Å²) in [4.78, 5) is 34.2. The van der Waals surface area contributed by atoms with Crippen LogP contribution in [0.2, 0.25) is 0 Å². The molecule has 0 fully saturated rings. The summed E-state index contributed by atoms with van der Waals surface area (Å²) < 4.78 is 28.7. The van der Waals surface area contributed by atoms with Crippen molar-refractivity contribution in [1.82, 2.24) is 40.4 Å². The van der Waals surface area contributed by atoms with Crippen molar-refractivity contribution in [2.24, 2.45) is 0 Å². The Kier molecular flexibility index (Phi) is 7.72. The van der Waals surface area contributed by atoms with E-state index in [-0.39, 0.29) is 11.5 Å². The van der Waals surface area contributed by atoms with Crippen LogP contribution in [0.25, 0.3) is 22.6 Å². The van der Waals surface area contributed by atoms with Gasteiger partial charge < -0.3 is 10.6 Å². The number of hydrogen-bond acceptors (Lipinski definition) is 8. The van der Waals surface area contributed by atoms with Gasteiger partial charge in [-0.1, -0.05) is 13.0 Å². The number of carbonyl (C=O) groups excluding carboxylic acids is 1. The lowest BCUT2D eigenvalue weighted by Crippen LogP contribution is -2.28. The summed E-state index contributed by atoms with van der Waals surface area (Å²) in [5.41, 5.74) is 4.03. The molecule has 5 aromatic rings. The number of aryl methyl sites for hydroxylation is 3. The van der Waals surface area contributed by atoms with E-state index in [4.69, 9.17) is 0 Å². The maximum Gasteiger partial charge on any atom is 0.273 e. The Bertz CT molecular complexity index is 1720. The average Bonchev–Trinajstić information content (AvgIpc) is 3.41. The van der Waals surface area contributed by atoms with Gasteiger partial charge in [-0.2, -0.15) is 5.10 Å². The fraction of sp³-hybridized carbons (Fsp3) is 0.207. The first kappa shape index (κ1) is 27.4. The second-order valence-corrected chi connectivity index (χ2v) is 9.49. The largest absolute Gasteiger partial charge is 0.344 e. The zero-order chi connectivity index (χ0) is 29.1. The lowest BCUT2D eigenvalue weighted by Gasteiger charge is -2.15. The standard InChI is InChI=1S/C29H27F2N9O/c1-5-21-11-26(40-39-21)37-25-8-15(2)35-28(38-25)19-9-23(31)27(34-13-19)29(41)36-16(3)18-6-7-24(33-12-18)22-10-20(30)14-32-17(22)4/h6-14,16H,5H2,1-4H3,(H,36,41)(H2,35,37,38,39,40). The Balaban J connectivity index is 1.29. The van der Waals surface area contributed by atoms with Crippen LogP contribution >= 0.6 is 0 Å². The first-order valence-corrected chi connectivity index (χ1v) is 12.9. The number of nitrogens with zero attached hydrogens (tertiary/aromatic N) is 6. The molecule has 1 atom stereocenters. The number of pyridine rings is 3. The molecular weight excluding hydrogens is 528 g/mol. The third-order valence-corrected chi connectivity index (χ3v) is 6.40. The molecule has 10 nitrogen and oxygen atoms in total. The van der Waals surface area contributed by atoms with Gasteiger partial charge in [0.15, 0.2) is 23.2 Å². The molecule has 0 aliphatic carbocycles. The first-order chi connectivity index (χ1) is 19.7. The Hall–Kier alpha value is -5.13. The maximum absolute atomic E-state index is 15.1. The van der Waals surface area contributed by atoms with Gasteiger partial charge in [-0.15, -0.1) is 0 Å². The number of H-pyrrole nitrogens is 1. The fourth-order valence-corrected chi connectivity index (χ4v) is 4.16. The van der Waals surface area contributed by atoms with E-state index in [0.717, 1.165) is 18.3 Å². The molecule has 5 aromatic heterocycles. The highest BCUT2D eigenvalue weighted by molar-refractivity contribution is 5.93. The highest BCUT2D eigenvalue weighted by Crippen LogP contribution is 2.24. The fourth-order valence-electron chi connectivity index (χ4n) is 4.16. The Morgan fingerprint density at radius 2 is 1.80 bits per heavy atom. The Morgan fingerprint density at radius 1 is 0.976 bits per heavy atom. The quantitative estimate of drug-likeness (QED) is 0.231. The zero-order valence-electron chi connectivity index (χ0n) is 22.8. The van der Waals surface area contributed by atoms with Crippen LogP contribution in [0.15, 0.2) is 55.0 Å². The van der Waals surface area contributed by atoms with E-state index in [9.17, 15) is 9.18 Å². The molecule has 0 aromatic carbocycles. The maximum atomic E-state index is 15.1. The molecule has 12 heteroatoms. The van der Waals surface area contributed by atoms with Gasteiger partial charge in [-0.05, 0) is 51.0 Å². The van der Waals surface area contributed by atoms with E-state index in [1.165, 1.54) is 18.3 Å². The van der Waals surface area contributed by atoms with E-state index in [2.05, 4.69) is 45.8 Å². The zero-order valence-corrected chi connectivity index (χ0v) is 22.8. The van der Waals surface area contributed by atoms with E-state index in [0.29, 0.717) is 45.4 Å². The molecule has 41 heavy (non-hydrogen) atoms. The van der Waals surface area contributed by atoms with Crippen LogP contribution in [0.3, 0.4) is 0 Å². The van der Waals surface area contributed by atoms with E-state index >= 15 is 4.39 Å². The minimum atomic E-state index is -0.811. The van der Waals surface area contributed by atoms with Crippen LogP contribution < -0.4 is 10.6 Å². The number of rotatable bonds is 8. The van der Waals surface area contributed by atoms with Crippen molar-refractivity contribution in [3.8, 4) is 22.6 Å². The topological polar surface area (TPSA) is 134 Å². The molecule has 1 amide bonds. The first-order valence-electron chi connectivity index (χ1n) is 12.9. The molecular formula is C29H27F2N9O. The van der Waals surface area contributed by atoms with Crippen LogP contribution in [0.4, 0.5) is 20.4 Å². The number of hydrogen-bond donors (Lipinski definition) is 3. The van der Waals surface area contributed by atoms with Gasteiger partial charge in [-0.25, -0.2) is 23.7 Å². The number of anilines is 2. The van der Waals surface area contributed by atoms with Gasteiger partial charge in [0.2, 0.25) is 0 Å². The number of aromatic nitrogens is 7. The van der Waals surface area contributed by atoms with Crippen LogP contribution in [0.1, 0.15) is 53.0 Å². The van der Waals surface area contributed by atoms with Gasteiger partial charge in [0.25, 0.3) is 5.91 Å². The van der Waals surface area contributed by atoms with Crippen LogP contribution in [0.5, 0.6) is 0 Å². The number of halogens is 2. The van der Waals surface area contributed by atoms with Gasteiger partial charge in [0.05, 0.1) is 17.9 Å². The minimum Gasteiger partial charge on any atom is -0.344 e. The monoisotopic (exact) mass is 555 g/mol. The molecule has 0 aliphatic heterocycles. The molecule has 0 bridgehead atoms. The molecule has 5 rings (SSSR count). The second kappa shape index (κ2) is 11.5. The lowest BCUT2D eigenvalue weighted by molar-refractivity contribution is 0.0930. The smallest absolute Gasteiger partial charge is 0.273 e. The van der Waals surface area contributed by atoms with Gasteiger partial charge in [0.1, 0.15) is 11.6 Å². The predicted molar refractivity (Wildman–Crippen MR) is 149 cm³/mol. The summed E-state index contributed by atoms with van der Waals surface area (Å²) in [6.07, 6.45) is 4.89. The van der Waals surface area contributed by atoms with Gasteiger partial charge in [0, 0.05) is 52.7 Å². The van der Waals surface area contributed by atoms with Crippen LogP contribution in [0, 0.1) is 25.5 Å². The second-order valence-electron chi connectivity index (χ2n) is 9.49. The van der Waals surface area contributed by atoms with Crippen molar-refractivity contribution < 1.29 is 13.6 Å². The average molecular weight is 556 g/mol. The summed E-state index contributed by atoms with van der Waals surface area (Å²) in [5, 5.41) is 13.0. The molecule has 0 saturated heterocycles. The van der Waals surface area contributed by atoms with Crippen molar-refractivity contribution in [3.05, 3.63) is 95.0 Å². The molecule has 3 N–H and O–H groups in total. The number of carbonyl (C=O) groups is 1. The van der Waals surface area contributed by atoms with Crippen molar-refractivity contribution in [2.75, 3.05) is 5.32 Å². The van der Waals surface area contributed by atoms with Crippen LogP contribution in [-0.2, 0) is 6.42 Å². The van der Waals surface area contributed by atoms with E-state index in [1.54, 1.807) is 45.2 Å². The third kappa shape index (κ3) is 6.21. The molecule has 0 saturated carbocycles. The molecule has 0 aliphatic rings. The third-order valence-electron chi connectivity index (χ3n) is 6.40. The Labute approximate surface area is 234 Å². The summed E-state index contributed by atoms with van der Waals surface area (Å²) in [7, 11) is 0. The van der Waals surface area contributed by atoms with Gasteiger partial charge >= 0.3 is 0 Å². The summed E-state index contributed by atoms with van der Waals surface area (Å²) >= 11 is 0. The van der Waals surface area contributed by atoms with Crippen molar-refractivity contribution in [2.45, 2.75) is 40.2 Å². The molecule has 1 unspecified atom stereocenters. The molecule has 208 valence electrons. The minimum absolute atomic E-state index is 0.250. The summed E-state index contributed by atoms with van der Waals surface area (Å²) in [6.45, 7) is 7.32. The number of aromatic amines is 1. The number of amides is 1. The summed E-state index contributed by atoms with van der Waals surface area (Å²) in [6, 6.07) is 9.15. The highest BCUT2D eigenvalue weighted by Gasteiger charge is 2.19. The molecule has 5 heterocycles. The SMILES string of the molecule is CCc1cc(Nc2cc(C)nc(-c3cnc(C(=O)NC(C)c4ccc(-c5cc(F)cnc5C)nc4)c(F)c3)n2)n[nH]1. The summed E-state index contributed by atoms with van der Waals surface area (Å²) in [5.74, 6) is -0.616. The Morgan fingerprint density at radius 3 is 2.51 bits per heavy atom. The van der Waals surface area contributed by atoms with Crippen LogP contribution in [-0.4, -0.2) is 41.0 Å². The molecule has 0 spiro atoms. The van der Waals surface area contributed by atoms with Crippen molar-refractivity contribution in [1.29, 1.82) is 0 Å². The predicted octanol–water partition coefficient (Wildman–Crippen LogP) is 5.41. The highest BCUT2D eigenvalue weighted by atomic mass is 19.1. The van der Waals surface area contributed by atoms with E-state index < -0.39 is 23.6 Å². The van der Waals surface area contributed by atoms with Crippen molar-refractivity contribution >= 4 is 17.5 Å². The van der Waals surface area contributed by atoms with E-state index in [1.807, 2.05) is 13.0 Å². The molecule has 0 radical (unpaired) electrons. The van der Waals surface area contributed by atoms with Gasteiger partial charge in [-0.3, -0.25) is 19.9 Å². The van der Waals surface area contributed by atoms with Crippen molar-refractivity contribution in [3.63, 3.8) is 0 Å². The normalized spacial score (nSPS) is 11.8. The number of nitrogens with one attached hydrogen (secondary N) is 3.